The minimum absolute atomic E-state index is 0.132. The van der Waals surface area contributed by atoms with E-state index in [1.165, 1.54) is 6.07 Å². The van der Waals surface area contributed by atoms with Crippen molar-refractivity contribution >= 4 is 27.9 Å². The molecular formula is C24H29BrFNO4. The highest BCUT2D eigenvalue weighted by atomic mass is 79.9. The van der Waals surface area contributed by atoms with Crippen LogP contribution in [-0.2, 0) is 19.1 Å². The number of allylic oxidation sites excluding steroid dienone is 2. The van der Waals surface area contributed by atoms with E-state index in [-0.39, 0.29) is 30.3 Å². The van der Waals surface area contributed by atoms with E-state index >= 15 is 4.39 Å². The standard InChI is InChI=1S/C24H29BrFNO4/c1-4-30-23(28)19-14(3)27-22(15-9-7-6-8-10-15)21(24(29)31-5-2)20(19)17-12-11-16(25)13-18(17)26/h11-13,15,20,27H,4-10H2,1-3H3/t20-/m0/s1. The quantitative estimate of drug-likeness (QED) is 0.529. The lowest BCUT2D eigenvalue weighted by Gasteiger charge is -2.36. The molecule has 7 heteroatoms. The molecule has 3 rings (SSSR count). The third kappa shape index (κ3) is 5.03. The molecule has 1 N–H and O–H groups in total. The van der Waals surface area contributed by atoms with Gasteiger partial charge in [0.1, 0.15) is 5.82 Å². The van der Waals surface area contributed by atoms with Crippen LogP contribution in [-0.4, -0.2) is 25.2 Å². The molecule has 2 aliphatic rings. The summed E-state index contributed by atoms with van der Waals surface area (Å²) in [5.41, 5.74) is 2.13. The predicted molar refractivity (Wildman–Crippen MR) is 120 cm³/mol. The van der Waals surface area contributed by atoms with E-state index < -0.39 is 23.7 Å². The number of dihydropyridines is 1. The third-order valence-electron chi connectivity index (χ3n) is 5.87. The maximum atomic E-state index is 15.2. The summed E-state index contributed by atoms with van der Waals surface area (Å²) >= 11 is 3.28. The fourth-order valence-corrected chi connectivity index (χ4v) is 4.86. The Hall–Kier alpha value is -2.15. The zero-order valence-corrected chi connectivity index (χ0v) is 19.8. The molecule has 1 saturated carbocycles. The molecule has 0 saturated heterocycles. The highest BCUT2D eigenvalue weighted by Crippen LogP contribution is 2.44. The van der Waals surface area contributed by atoms with Crippen molar-refractivity contribution in [1.29, 1.82) is 0 Å². The van der Waals surface area contributed by atoms with E-state index in [9.17, 15) is 9.59 Å². The monoisotopic (exact) mass is 493 g/mol. The number of carbonyl (C=O) groups excluding carboxylic acids is 2. The van der Waals surface area contributed by atoms with Crippen LogP contribution in [0, 0.1) is 11.7 Å². The van der Waals surface area contributed by atoms with Crippen molar-refractivity contribution in [3.63, 3.8) is 0 Å². The van der Waals surface area contributed by atoms with Crippen LogP contribution in [0.4, 0.5) is 4.39 Å². The minimum atomic E-state index is -0.899. The Kier molecular flexibility index (Phi) is 7.92. The predicted octanol–water partition coefficient (Wildman–Crippen LogP) is 5.51. The molecule has 31 heavy (non-hydrogen) atoms. The number of carbonyl (C=O) groups is 2. The molecule has 1 heterocycles. The number of ether oxygens (including phenoxy) is 2. The van der Waals surface area contributed by atoms with Crippen molar-refractivity contribution in [2.24, 2.45) is 5.92 Å². The third-order valence-corrected chi connectivity index (χ3v) is 6.36. The van der Waals surface area contributed by atoms with Crippen LogP contribution in [0.25, 0.3) is 0 Å². The first-order chi connectivity index (χ1) is 14.9. The SMILES string of the molecule is CCOC(=O)C1=C(C)NC(C2CCCCC2)=C(C(=O)OCC)[C@H]1c1ccc(Br)cc1F. The van der Waals surface area contributed by atoms with Crippen LogP contribution in [0.3, 0.4) is 0 Å². The lowest BCUT2D eigenvalue weighted by molar-refractivity contribution is -0.139. The number of nitrogens with one attached hydrogen (secondary N) is 1. The van der Waals surface area contributed by atoms with Gasteiger partial charge in [-0.05, 0) is 51.7 Å². The van der Waals surface area contributed by atoms with Gasteiger partial charge in [0, 0.05) is 21.4 Å². The number of hydrogen-bond acceptors (Lipinski definition) is 5. The molecular weight excluding hydrogens is 465 g/mol. The van der Waals surface area contributed by atoms with Crippen molar-refractivity contribution in [3.8, 4) is 0 Å². The lowest BCUT2D eigenvalue weighted by Crippen LogP contribution is -2.36. The fourth-order valence-electron chi connectivity index (χ4n) is 4.53. The van der Waals surface area contributed by atoms with E-state index in [1.54, 1.807) is 32.9 Å². The number of esters is 2. The van der Waals surface area contributed by atoms with Crippen molar-refractivity contribution < 1.29 is 23.5 Å². The van der Waals surface area contributed by atoms with Gasteiger partial charge in [-0.25, -0.2) is 14.0 Å². The number of rotatable bonds is 6. The first-order valence-corrected chi connectivity index (χ1v) is 11.7. The average molecular weight is 494 g/mol. The van der Waals surface area contributed by atoms with Gasteiger partial charge in [0.15, 0.2) is 0 Å². The molecule has 1 aromatic rings. The highest BCUT2D eigenvalue weighted by molar-refractivity contribution is 9.10. The maximum Gasteiger partial charge on any atom is 0.336 e. The van der Waals surface area contributed by atoms with Gasteiger partial charge in [-0.3, -0.25) is 0 Å². The Morgan fingerprint density at radius 3 is 2.26 bits per heavy atom. The molecule has 0 unspecified atom stereocenters. The molecule has 5 nitrogen and oxygen atoms in total. The summed E-state index contributed by atoms with van der Waals surface area (Å²) < 4.78 is 26.4. The Morgan fingerprint density at radius 1 is 1.06 bits per heavy atom. The first kappa shape index (κ1) is 23.5. The molecule has 0 aromatic heterocycles. The fraction of sp³-hybridized carbons (Fsp3) is 0.500. The van der Waals surface area contributed by atoms with Gasteiger partial charge in [-0.15, -0.1) is 0 Å². The summed E-state index contributed by atoms with van der Waals surface area (Å²) in [5, 5.41) is 3.32. The van der Waals surface area contributed by atoms with Crippen molar-refractivity contribution in [3.05, 3.63) is 56.6 Å². The van der Waals surface area contributed by atoms with Crippen LogP contribution in [0.5, 0.6) is 0 Å². The van der Waals surface area contributed by atoms with Gasteiger partial charge in [0.2, 0.25) is 0 Å². The molecule has 0 radical (unpaired) electrons. The van der Waals surface area contributed by atoms with Crippen LogP contribution >= 0.6 is 15.9 Å². The Labute approximate surface area is 191 Å². The van der Waals surface area contributed by atoms with Gasteiger partial charge in [0.05, 0.1) is 30.3 Å². The van der Waals surface area contributed by atoms with Crippen molar-refractivity contribution in [1.82, 2.24) is 5.32 Å². The summed E-state index contributed by atoms with van der Waals surface area (Å²) in [6.07, 6.45) is 5.16. The summed E-state index contributed by atoms with van der Waals surface area (Å²) in [6.45, 7) is 5.60. The Bertz CT molecular complexity index is 918. The van der Waals surface area contributed by atoms with E-state index in [1.807, 2.05) is 0 Å². The molecule has 1 atom stereocenters. The van der Waals surface area contributed by atoms with E-state index in [2.05, 4.69) is 21.2 Å². The molecule has 1 aromatic carbocycles. The van der Waals surface area contributed by atoms with Crippen LogP contribution in [0.15, 0.2) is 45.2 Å². The second-order valence-electron chi connectivity index (χ2n) is 7.87. The molecule has 0 bridgehead atoms. The van der Waals surface area contributed by atoms with Gasteiger partial charge in [-0.2, -0.15) is 0 Å². The number of hydrogen-bond donors (Lipinski definition) is 1. The maximum absolute atomic E-state index is 15.2. The van der Waals surface area contributed by atoms with Gasteiger partial charge in [0.25, 0.3) is 0 Å². The molecule has 1 fully saturated rings. The van der Waals surface area contributed by atoms with Crippen molar-refractivity contribution in [2.75, 3.05) is 13.2 Å². The highest BCUT2D eigenvalue weighted by Gasteiger charge is 2.41. The molecule has 168 valence electrons. The normalized spacial score (nSPS) is 19.8. The van der Waals surface area contributed by atoms with Gasteiger partial charge < -0.3 is 14.8 Å². The minimum Gasteiger partial charge on any atom is -0.463 e. The molecule has 0 spiro atoms. The zero-order valence-electron chi connectivity index (χ0n) is 18.2. The van der Waals surface area contributed by atoms with Crippen LogP contribution < -0.4 is 5.32 Å². The van der Waals surface area contributed by atoms with Gasteiger partial charge in [-0.1, -0.05) is 41.3 Å². The summed E-state index contributed by atoms with van der Waals surface area (Å²) in [7, 11) is 0. The van der Waals surface area contributed by atoms with Crippen LogP contribution in [0.1, 0.15) is 64.4 Å². The largest absolute Gasteiger partial charge is 0.463 e. The zero-order chi connectivity index (χ0) is 22.5. The van der Waals surface area contributed by atoms with Crippen LogP contribution in [0.2, 0.25) is 0 Å². The molecule has 0 amide bonds. The Morgan fingerprint density at radius 2 is 1.68 bits per heavy atom. The Balaban J connectivity index is 2.24. The summed E-state index contributed by atoms with van der Waals surface area (Å²) in [4.78, 5) is 26.2. The second kappa shape index (κ2) is 10.4. The average Bonchev–Trinajstić information content (AvgIpc) is 2.74. The van der Waals surface area contributed by atoms with Crippen molar-refractivity contribution in [2.45, 2.75) is 58.8 Å². The van der Waals surface area contributed by atoms with E-state index in [0.29, 0.717) is 15.7 Å². The van der Waals surface area contributed by atoms with E-state index in [0.717, 1.165) is 37.8 Å². The molecule has 1 aliphatic heterocycles. The lowest BCUT2D eigenvalue weighted by atomic mass is 9.75. The first-order valence-electron chi connectivity index (χ1n) is 10.9. The topological polar surface area (TPSA) is 64.6 Å². The second-order valence-corrected chi connectivity index (χ2v) is 8.78. The summed E-state index contributed by atoms with van der Waals surface area (Å²) in [6, 6.07) is 4.67. The number of halogens is 2. The summed E-state index contributed by atoms with van der Waals surface area (Å²) in [5.74, 6) is -2.36. The van der Waals surface area contributed by atoms with E-state index in [4.69, 9.17) is 9.47 Å². The molecule has 1 aliphatic carbocycles. The number of benzene rings is 1. The van der Waals surface area contributed by atoms with Gasteiger partial charge >= 0.3 is 11.9 Å². The smallest absolute Gasteiger partial charge is 0.336 e.